The highest BCUT2D eigenvalue weighted by Crippen LogP contribution is 2.24. The Morgan fingerprint density at radius 1 is 1.18 bits per heavy atom. The summed E-state index contributed by atoms with van der Waals surface area (Å²) in [4.78, 5) is 2.55. The molecule has 1 heterocycles. The van der Waals surface area contributed by atoms with Gasteiger partial charge in [0.05, 0.1) is 10.1 Å². The molecule has 17 heavy (non-hydrogen) atoms. The zero-order valence-corrected chi connectivity index (χ0v) is 10.8. The predicted octanol–water partition coefficient (Wildman–Crippen LogP) is 1.14. The lowest BCUT2D eigenvalue weighted by Crippen LogP contribution is -2.37. The Kier molecular flexibility index (Phi) is 3.40. The molecule has 0 aliphatic carbocycles. The first-order valence-electron chi connectivity index (χ1n) is 5.78. The van der Waals surface area contributed by atoms with Crippen molar-refractivity contribution in [3.63, 3.8) is 0 Å². The second-order valence-corrected chi connectivity index (χ2v) is 6.84. The van der Waals surface area contributed by atoms with Crippen molar-refractivity contribution >= 4 is 15.5 Å². The number of hydrogen-bond donors (Lipinski definition) is 1. The minimum atomic E-state index is -3.18. The molecule has 1 aromatic carbocycles. The first-order valence-corrected chi connectivity index (χ1v) is 7.33. The van der Waals surface area contributed by atoms with Gasteiger partial charge in [0.1, 0.15) is 0 Å². The van der Waals surface area contributed by atoms with Gasteiger partial charge >= 0.3 is 0 Å². The van der Waals surface area contributed by atoms with Crippen LogP contribution in [0.2, 0.25) is 0 Å². The van der Waals surface area contributed by atoms with Crippen molar-refractivity contribution in [1.29, 1.82) is 0 Å². The van der Waals surface area contributed by atoms with Crippen LogP contribution < -0.4 is 5.73 Å². The molecule has 0 amide bonds. The molecule has 2 rings (SSSR count). The quantitative estimate of drug-likeness (QED) is 0.804. The van der Waals surface area contributed by atoms with Crippen LogP contribution in [-0.2, 0) is 9.84 Å². The first-order chi connectivity index (χ1) is 8.00. The number of rotatable bonds is 2. The van der Waals surface area contributed by atoms with E-state index in [1.165, 1.54) is 0 Å². The van der Waals surface area contributed by atoms with Gasteiger partial charge in [0.15, 0.2) is 9.84 Å². The smallest absolute Gasteiger partial charge is 0.181 e. The second-order valence-electron chi connectivity index (χ2n) is 4.62. The fourth-order valence-electron chi connectivity index (χ4n) is 2.15. The molecule has 0 aromatic heterocycles. The lowest BCUT2D eigenvalue weighted by Gasteiger charge is -2.28. The van der Waals surface area contributed by atoms with E-state index in [9.17, 15) is 8.42 Å². The number of likely N-dealkylation sites (tertiary alicyclic amines) is 1. The van der Waals surface area contributed by atoms with Crippen LogP contribution in [0.25, 0.3) is 0 Å². The molecule has 1 aromatic rings. The maximum atomic E-state index is 12.3. The number of anilines is 1. The van der Waals surface area contributed by atoms with Crippen molar-refractivity contribution < 1.29 is 8.42 Å². The van der Waals surface area contributed by atoms with Crippen LogP contribution >= 0.6 is 0 Å². The van der Waals surface area contributed by atoms with Gasteiger partial charge < -0.3 is 10.6 Å². The molecule has 5 heteroatoms. The summed E-state index contributed by atoms with van der Waals surface area (Å²) >= 11 is 0. The minimum absolute atomic E-state index is 0.248. The summed E-state index contributed by atoms with van der Waals surface area (Å²) < 4.78 is 24.7. The number of nitrogen functional groups attached to an aromatic ring is 1. The second kappa shape index (κ2) is 4.66. The summed E-state index contributed by atoms with van der Waals surface area (Å²) in [5.41, 5.74) is 6.16. The highest BCUT2D eigenvalue weighted by Gasteiger charge is 2.30. The van der Waals surface area contributed by atoms with E-state index < -0.39 is 9.84 Å². The molecule has 94 valence electrons. The Bertz CT molecular complexity index is 474. The minimum Gasteiger partial charge on any atom is -0.399 e. The van der Waals surface area contributed by atoms with Crippen LogP contribution in [-0.4, -0.2) is 38.7 Å². The third kappa shape index (κ3) is 2.61. The Balaban J connectivity index is 2.21. The monoisotopic (exact) mass is 254 g/mol. The maximum Gasteiger partial charge on any atom is 0.181 e. The molecular formula is C12H18N2O2S. The molecule has 1 aliphatic rings. The van der Waals surface area contributed by atoms with Crippen molar-refractivity contribution in [2.75, 3.05) is 25.9 Å². The number of nitrogens with zero attached hydrogens (tertiary/aromatic N) is 1. The fraction of sp³-hybridized carbons (Fsp3) is 0.500. The van der Waals surface area contributed by atoms with Crippen LogP contribution in [0.3, 0.4) is 0 Å². The van der Waals surface area contributed by atoms with Crippen molar-refractivity contribution in [2.24, 2.45) is 0 Å². The van der Waals surface area contributed by atoms with Crippen molar-refractivity contribution in [3.05, 3.63) is 24.3 Å². The average Bonchev–Trinajstić information content (AvgIpc) is 2.30. The van der Waals surface area contributed by atoms with Crippen LogP contribution in [0, 0.1) is 0 Å². The van der Waals surface area contributed by atoms with E-state index in [1.54, 1.807) is 24.3 Å². The Morgan fingerprint density at radius 2 is 1.71 bits per heavy atom. The fourth-order valence-corrected chi connectivity index (χ4v) is 3.88. The highest BCUT2D eigenvalue weighted by molar-refractivity contribution is 7.92. The molecule has 4 nitrogen and oxygen atoms in total. The molecule has 0 atom stereocenters. The topological polar surface area (TPSA) is 63.4 Å². The zero-order valence-electron chi connectivity index (χ0n) is 9.96. The zero-order chi connectivity index (χ0) is 12.5. The molecule has 2 N–H and O–H groups in total. The van der Waals surface area contributed by atoms with Crippen LogP contribution in [0.15, 0.2) is 29.2 Å². The van der Waals surface area contributed by atoms with E-state index in [-0.39, 0.29) is 5.25 Å². The van der Waals surface area contributed by atoms with E-state index in [2.05, 4.69) is 4.90 Å². The van der Waals surface area contributed by atoms with Gasteiger partial charge in [-0.15, -0.1) is 0 Å². The highest BCUT2D eigenvalue weighted by atomic mass is 32.2. The Hall–Kier alpha value is -1.07. The van der Waals surface area contributed by atoms with Crippen molar-refractivity contribution in [2.45, 2.75) is 23.0 Å². The average molecular weight is 254 g/mol. The Labute approximate surface area is 102 Å². The number of sulfone groups is 1. The van der Waals surface area contributed by atoms with Gasteiger partial charge in [-0.25, -0.2) is 8.42 Å². The number of nitrogens with two attached hydrogens (primary N) is 1. The largest absolute Gasteiger partial charge is 0.399 e. The van der Waals surface area contributed by atoms with Gasteiger partial charge in [-0.05, 0) is 57.2 Å². The van der Waals surface area contributed by atoms with E-state index in [0.29, 0.717) is 23.4 Å². The Morgan fingerprint density at radius 3 is 2.24 bits per heavy atom. The molecule has 1 aliphatic heterocycles. The molecule has 0 bridgehead atoms. The first kappa shape index (κ1) is 12.4. The van der Waals surface area contributed by atoms with E-state index >= 15 is 0 Å². The van der Waals surface area contributed by atoms with Crippen LogP contribution in [0.1, 0.15) is 12.8 Å². The van der Waals surface area contributed by atoms with E-state index in [0.717, 1.165) is 13.1 Å². The molecule has 1 fully saturated rings. The lowest BCUT2D eigenvalue weighted by atomic mass is 10.1. The summed E-state index contributed by atoms with van der Waals surface area (Å²) in [6.45, 7) is 1.69. The summed E-state index contributed by atoms with van der Waals surface area (Å²) in [6, 6.07) is 6.48. The molecular weight excluding hydrogens is 236 g/mol. The SMILES string of the molecule is CN1CCC(S(=O)(=O)c2ccc(N)cc2)CC1. The molecule has 1 saturated heterocycles. The standard InChI is InChI=1S/C12H18N2O2S/c1-14-8-6-12(7-9-14)17(15,16)11-4-2-10(13)3-5-11/h2-5,12H,6-9,13H2,1H3. The lowest BCUT2D eigenvalue weighted by molar-refractivity contribution is 0.277. The van der Waals surface area contributed by atoms with Gasteiger partial charge in [-0.3, -0.25) is 0 Å². The van der Waals surface area contributed by atoms with E-state index in [1.807, 2.05) is 7.05 Å². The summed E-state index contributed by atoms with van der Waals surface area (Å²) in [6.07, 6.45) is 1.42. The normalized spacial score (nSPS) is 19.4. The van der Waals surface area contributed by atoms with Gasteiger partial charge in [0.2, 0.25) is 0 Å². The van der Waals surface area contributed by atoms with Crippen molar-refractivity contribution in [3.8, 4) is 0 Å². The third-order valence-electron chi connectivity index (χ3n) is 3.31. The summed E-state index contributed by atoms with van der Waals surface area (Å²) in [5, 5.41) is -0.248. The van der Waals surface area contributed by atoms with Crippen LogP contribution in [0.5, 0.6) is 0 Å². The predicted molar refractivity (Wildman–Crippen MR) is 68.6 cm³/mol. The molecule has 0 spiro atoms. The van der Waals surface area contributed by atoms with Crippen molar-refractivity contribution in [1.82, 2.24) is 4.90 Å². The molecule has 0 unspecified atom stereocenters. The maximum absolute atomic E-state index is 12.3. The third-order valence-corrected chi connectivity index (χ3v) is 5.59. The van der Waals surface area contributed by atoms with E-state index in [4.69, 9.17) is 5.73 Å². The molecule has 0 saturated carbocycles. The number of benzene rings is 1. The van der Waals surface area contributed by atoms with Gasteiger partial charge in [0.25, 0.3) is 0 Å². The van der Waals surface area contributed by atoms with Gasteiger partial charge in [0, 0.05) is 5.69 Å². The number of piperidine rings is 1. The van der Waals surface area contributed by atoms with Crippen LogP contribution in [0.4, 0.5) is 5.69 Å². The van der Waals surface area contributed by atoms with Gasteiger partial charge in [-0.1, -0.05) is 0 Å². The summed E-state index contributed by atoms with van der Waals surface area (Å²) in [5.74, 6) is 0. The number of hydrogen-bond acceptors (Lipinski definition) is 4. The summed E-state index contributed by atoms with van der Waals surface area (Å²) in [7, 11) is -1.16. The molecule has 0 radical (unpaired) electrons. The van der Waals surface area contributed by atoms with Gasteiger partial charge in [-0.2, -0.15) is 0 Å².